The van der Waals surface area contributed by atoms with E-state index in [-0.39, 0.29) is 15.4 Å². The van der Waals surface area contributed by atoms with Crippen molar-refractivity contribution >= 4 is 9.52 Å². The molecule has 1 heterocycles. The lowest BCUT2D eigenvalue weighted by Gasteiger charge is -2.12. The minimum atomic E-state index is -0.213. The van der Waals surface area contributed by atoms with Gasteiger partial charge in [-0.25, -0.2) is 0 Å². The predicted molar refractivity (Wildman–Crippen MR) is 70.2 cm³/mol. The third-order valence-corrected chi connectivity index (χ3v) is 5.01. The zero-order chi connectivity index (χ0) is 12.3. The largest absolute Gasteiger partial charge is 0.379 e. The molecule has 1 atom stereocenters. The average molecular weight is 262 g/mol. The highest BCUT2D eigenvalue weighted by molar-refractivity contribution is 6.36. The van der Waals surface area contributed by atoms with E-state index in [4.69, 9.17) is 18.9 Å². The molecule has 1 aliphatic heterocycles. The number of rotatable bonds is 12. The lowest BCUT2D eigenvalue weighted by atomic mass is 10.2. The molecule has 0 spiro atoms. The molecular weight excluding hydrogens is 236 g/mol. The topological polar surface area (TPSA) is 40.2 Å². The van der Waals surface area contributed by atoms with E-state index in [2.05, 4.69) is 0 Å². The fourth-order valence-corrected chi connectivity index (χ4v) is 3.20. The molecule has 0 aliphatic carbocycles. The van der Waals surface area contributed by atoms with E-state index in [0.29, 0.717) is 6.10 Å². The fourth-order valence-electron chi connectivity index (χ4n) is 1.76. The van der Waals surface area contributed by atoms with Crippen molar-refractivity contribution in [2.45, 2.75) is 43.7 Å². The van der Waals surface area contributed by atoms with E-state index < -0.39 is 0 Å². The van der Waals surface area contributed by atoms with E-state index in [1.54, 1.807) is 14.2 Å². The summed E-state index contributed by atoms with van der Waals surface area (Å²) in [6.07, 6.45) is 5.45. The third kappa shape index (κ3) is 8.74. The summed E-state index contributed by atoms with van der Waals surface area (Å²) < 4.78 is 20.9. The van der Waals surface area contributed by atoms with Crippen LogP contribution in [0.15, 0.2) is 0 Å². The molecule has 0 aromatic heterocycles. The summed E-state index contributed by atoms with van der Waals surface area (Å²) in [5.74, 6) is 0.108. The van der Waals surface area contributed by atoms with Crippen LogP contribution in [0.1, 0.15) is 25.7 Å². The van der Waals surface area contributed by atoms with E-state index >= 15 is 0 Å². The van der Waals surface area contributed by atoms with Gasteiger partial charge in [0.05, 0.1) is 22.7 Å². The van der Waals surface area contributed by atoms with Gasteiger partial charge in [0.25, 0.3) is 0 Å². The maximum Gasteiger partial charge on any atom is 0.134 e. The highest BCUT2D eigenvalue weighted by Gasteiger charge is 2.21. The summed E-state index contributed by atoms with van der Waals surface area (Å²) in [6.45, 7) is 2.57. The monoisotopic (exact) mass is 262 g/mol. The molecule has 4 nitrogen and oxygen atoms in total. The quantitative estimate of drug-likeness (QED) is 0.229. The molecule has 0 radical (unpaired) electrons. The average Bonchev–Trinajstić information content (AvgIpc) is 3.16. The van der Waals surface area contributed by atoms with Gasteiger partial charge < -0.3 is 18.9 Å². The summed E-state index contributed by atoms with van der Waals surface area (Å²) in [4.78, 5) is 0. The van der Waals surface area contributed by atoms with Gasteiger partial charge in [-0.15, -0.1) is 0 Å². The molecule has 1 unspecified atom stereocenters. The van der Waals surface area contributed by atoms with Crippen LogP contribution in [0.3, 0.4) is 0 Å². The Balaban J connectivity index is 1.71. The van der Waals surface area contributed by atoms with Gasteiger partial charge in [0.15, 0.2) is 0 Å². The Labute approximate surface area is 107 Å². The van der Waals surface area contributed by atoms with Gasteiger partial charge in [-0.2, -0.15) is 0 Å². The molecule has 0 amide bonds. The molecule has 1 fully saturated rings. The highest BCUT2D eigenvalue weighted by Crippen LogP contribution is 2.09. The smallest absolute Gasteiger partial charge is 0.134 e. The molecular formula is C12H26O4Si. The number of methoxy groups -OCH3 is 2. The lowest BCUT2D eigenvalue weighted by Crippen LogP contribution is -2.20. The highest BCUT2D eigenvalue weighted by atomic mass is 28.2. The lowest BCUT2D eigenvalue weighted by molar-refractivity contribution is -0.0441. The Morgan fingerprint density at radius 3 is 2.53 bits per heavy atom. The van der Waals surface area contributed by atoms with Gasteiger partial charge in [0.2, 0.25) is 0 Å². The minimum absolute atomic E-state index is 0.108. The van der Waals surface area contributed by atoms with Crippen molar-refractivity contribution < 1.29 is 18.9 Å². The fraction of sp³-hybridized carbons (Fsp3) is 1.00. The summed E-state index contributed by atoms with van der Waals surface area (Å²) >= 11 is 0. The van der Waals surface area contributed by atoms with Gasteiger partial charge in [0, 0.05) is 20.8 Å². The van der Waals surface area contributed by atoms with Crippen molar-refractivity contribution in [3.63, 3.8) is 0 Å². The normalized spacial score (nSPS) is 19.6. The zero-order valence-electron chi connectivity index (χ0n) is 11.2. The van der Waals surface area contributed by atoms with Crippen LogP contribution in [0.5, 0.6) is 0 Å². The molecule has 0 aromatic rings. The van der Waals surface area contributed by atoms with Crippen LogP contribution >= 0.6 is 0 Å². The Morgan fingerprint density at radius 1 is 1.18 bits per heavy atom. The van der Waals surface area contributed by atoms with Crippen molar-refractivity contribution in [1.82, 2.24) is 0 Å². The first-order valence-electron chi connectivity index (χ1n) is 6.61. The second-order valence-corrected chi connectivity index (χ2v) is 6.44. The third-order valence-electron chi connectivity index (χ3n) is 2.96. The number of ether oxygens (including phenoxy) is 4. The molecule has 1 saturated heterocycles. The van der Waals surface area contributed by atoms with Gasteiger partial charge in [-0.3, -0.25) is 0 Å². The molecule has 0 aromatic carbocycles. The Morgan fingerprint density at radius 2 is 1.88 bits per heavy atom. The van der Waals surface area contributed by atoms with Crippen LogP contribution in [0.2, 0.25) is 6.04 Å². The first-order valence-corrected chi connectivity index (χ1v) is 8.43. The van der Waals surface area contributed by atoms with Crippen LogP contribution in [0.25, 0.3) is 0 Å². The number of hydrogen-bond acceptors (Lipinski definition) is 4. The molecule has 5 heteroatoms. The van der Waals surface area contributed by atoms with Crippen molar-refractivity contribution in [2.75, 3.05) is 34.0 Å². The van der Waals surface area contributed by atoms with Crippen molar-refractivity contribution in [3.8, 4) is 0 Å². The molecule has 0 N–H and O–H groups in total. The Bertz CT molecular complexity index is 172. The first kappa shape index (κ1) is 15.1. The number of hydrogen-bond donors (Lipinski definition) is 0. The second-order valence-electron chi connectivity index (χ2n) is 4.49. The predicted octanol–water partition coefficient (Wildman–Crippen LogP) is 1.13. The Kier molecular flexibility index (Phi) is 8.91. The van der Waals surface area contributed by atoms with Crippen LogP contribution in [-0.2, 0) is 18.9 Å². The number of unbranched alkanes of at least 4 members (excludes halogenated alkanes) is 3. The molecule has 0 bridgehead atoms. The van der Waals surface area contributed by atoms with E-state index in [0.717, 1.165) is 19.8 Å². The van der Waals surface area contributed by atoms with E-state index in [1.165, 1.54) is 31.7 Å². The standard InChI is InChI=1S/C12H26O4Si/c1-13-12(14-2)17-8-6-4-3-5-7-15-9-11-10-16-11/h11-12H,3-10,17H2,1-2H3. The summed E-state index contributed by atoms with van der Waals surface area (Å²) in [7, 11) is 3.24. The van der Waals surface area contributed by atoms with Crippen LogP contribution in [-0.4, -0.2) is 55.6 Å². The van der Waals surface area contributed by atoms with Crippen LogP contribution in [0, 0.1) is 0 Å². The van der Waals surface area contributed by atoms with Gasteiger partial charge in [-0.05, 0) is 6.42 Å². The maximum atomic E-state index is 5.48. The molecule has 1 aliphatic rings. The molecule has 102 valence electrons. The Hall–Kier alpha value is 0.0569. The van der Waals surface area contributed by atoms with E-state index in [9.17, 15) is 0 Å². The molecule has 1 rings (SSSR count). The SMILES string of the molecule is COC(OC)[SiH2]CCCCCCOCC1CO1. The minimum Gasteiger partial charge on any atom is -0.379 e. The molecule has 0 saturated carbocycles. The number of epoxide rings is 1. The summed E-state index contributed by atoms with van der Waals surface area (Å²) in [5.41, 5.74) is 0. The van der Waals surface area contributed by atoms with Crippen molar-refractivity contribution in [2.24, 2.45) is 0 Å². The summed E-state index contributed by atoms with van der Waals surface area (Å²) in [5, 5.41) is 0. The summed E-state index contributed by atoms with van der Waals surface area (Å²) in [6, 6.07) is 1.31. The second kappa shape index (κ2) is 10.0. The van der Waals surface area contributed by atoms with Gasteiger partial charge in [0.1, 0.15) is 12.0 Å². The molecule has 17 heavy (non-hydrogen) atoms. The van der Waals surface area contributed by atoms with Crippen LogP contribution < -0.4 is 0 Å². The van der Waals surface area contributed by atoms with Gasteiger partial charge in [-0.1, -0.05) is 25.3 Å². The van der Waals surface area contributed by atoms with E-state index in [1.807, 2.05) is 0 Å². The van der Waals surface area contributed by atoms with Crippen molar-refractivity contribution in [1.29, 1.82) is 0 Å². The maximum absolute atomic E-state index is 5.48. The van der Waals surface area contributed by atoms with Crippen molar-refractivity contribution in [3.05, 3.63) is 0 Å². The first-order chi connectivity index (χ1) is 8.36. The zero-order valence-corrected chi connectivity index (χ0v) is 12.6. The van der Waals surface area contributed by atoms with Gasteiger partial charge >= 0.3 is 0 Å². The van der Waals surface area contributed by atoms with Crippen LogP contribution in [0.4, 0.5) is 0 Å².